The van der Waals surface area contributed by atoms with Crippen molar-refractivity contribution in [2.75, 3.05) is 18.4 Å². The van der Waals surface area contributed by atoms with Gasteiger partial charge in [0.1, 0.15) is 11.5 Å². The number of nitrogens with zero attached hydrogens (tertiary/aromatic N) is 2. The summed E-state index contributed by atoms with van der Waals surface area (Å²) in [7, 11) is 0. The predicted molar refractivity (Wildman–Crippen MR) is 138 cm³/mol. The maximum atomic E-state index is 5.80. The van der Waals surface area contributed by atoms with Crippen LogP contribution in [-0.2, 0) is 13.1 Å². The zero-order chi connectivity index (χ0) is 23.3. The second-order valence-electron chi connectivity index (χ2n) is 9.11. The Labute approximate surface area is 202 Å². The molecule has 3 aromatic rings. The molecular formula is C30H32N2O2. The molecule has 1 aliphatic carbocycles. The van der Waals surface area contributed by atoms with Gasteiger partial charge in [0, 0.05) is 35.6 Å². The van der Waals surface area contributed by atoms with E-state index in [1.165, 1.54) is 33.6 Å². The molecule has 6 rings (SSSR count). The number of ether oxygens (including phenoxy) is 2. The number of rotatable bonds is 2. The van der Waals surface area contributed by atoms with Crippen LogP contribution in [0, 0.1) is 13.8 Å². The molecule has 0 saturated heterocycles. The van der Waals surface area contributed by atoms with Gasteiger partial charge >= 0.3 is 0 Å². The van der Waals surface area contributed by atoms with Gasteiger partial charge in [-0.15, -0.1) is 0 Å². The van der Waals surface area contributed by atoms with E-state index >= 15 is 0 Å². The van der Waals surface area contributed by atoms with Crippen molar-refractivity contribution in [3.05, 3.63) is 113 Å². The minimum absolute atomic E-state index is 0.625. The maximum absolute atomic E-state index is 5.80. The van der Waals surface area contributed by atoms with E-state index in [9.17, 15) is 0 Å². The van der Waals surface area contributed by atoms with E-state index in [0.717, 1.165) is 37.4 Å². The lowest BCUT2D eigenvalue weighted by atomic mass is 10.1. The number of fused-ring (bicyclic) bond motifs is 2. The molecule has 34 heavy (non-hydrogen) atoms. The van der Waals surface area contributed by atoms with Crippen molar-refractivity contribution in [2.45, 2.75) is 39.8 Å². The van der Waals surface area contributed by atoms with E-state index in [2.05, 4.69) is 103 Å². The van der Waals surface area contributed by atoms with E-state index in [4.69, 9.17) is 9.47 Å². The van der Waals surface area contributed by atoms with E-state index in [1.807, 2.05) is 6.07 Å². The van der Waals surface area contributed by atoms with Gasteiger partial charge in [-0.3, -0.25) is 0 Å². The Hall–Kier alpha value is -3.66. The number of hydrogen-bond donors (Lipinski definition) is 0. The average Bonchev–Trinajstić information content (AvgIpc) is 2.89. The molecule has 4 nitrogen and oxygen atoms in total. The third-order valence-corrected chi connectivity index (χ3v) is 6.37. The van der Waals surface area contributed by atoms with Gasteiger partial charge in [-0.2, -0.15) is 0 Å². The first-order valence-electron chi connectivity index (χ1n) is 12.0. The molecule has 0 radical (unpaired) electrons. The molecule has 0 fully saturated rings. The average molecular weight is 453 g/mol. The van der Waals surface area contributed by atoms with Gasteiger partial charge in [0.15, 0.2) is 13.5 Å². The summed E-state index contributed by atoms with van der Waals surface area (Å²) in [5.41, 5.74) is 7.63. The highest BCUT2D eigenvalue weighted by Gasteiger charge is 2.19. The van der Waals surface area contributed by atoms with Gasteiger partial charge in [0.05, 0.1) is 0 Å². The summed E-state index contributed by atoms with van der Waals surface area (Å²) in [5, 5.41) is 0. The highest BCUT2D eigenvalue weighted by Crippen LogP contribution is 2.30. The minimum Gasteiger partial charge on any atom is -0.473 e. The summed E-state index contributed by atoms with van der Waals surface area (Å²) < 4.78 is 11.6. The lowest BCUT2D eigenvalue weighted by Gasteiger charge is -2.32. The van der Waals surface area contributed by atoms with Gasteiger partial charge in [0.25, 0.3) is 0 Å². The van der Waals surface area contributed by atoms with Gasteiger partial charge in [-0.05, 0) is 57.0 Å². The second-order valence-corrected chi connectivity index (χ2v) is 9.11. The molecule has 3 aliphatic rings. The van der Waals surface area contributed by atoms with E-state index in [-0.39, 0.29) is 0 Å². The van der Waals surface area contributed by atoms with Crippen molar-refractivity contribution in [3.63, 3.8) is 0 Å². The van der Waals surface area contributed by atoms with Gasteiger partial charge in [0.2, 0.25) is 0 Å². The third kappa shape index (κ3) is 5.12. The SMILES string of the molecule is Cc1ccc2c(c1)CN(C1=CCCC=C1)CO2.Cc1ccc2c(c1)CN(c1ccccc1)CO2. The van der Waals surface area contributed by atoms with Gasteiger partial charge in [-0.25, -0.2) is 0 Å². The molecule has 0 bridgehead atoms. The highest BCUT2D eigenvalue weighted by molar-refractivity contribution is 5.50. The molecule has 0 aromatic heterocycles. The van der Waals surface area contributed by atoms with Crippen molar-refractivity contribution < 1.29 is 9.47 Å². The zero-order valence-corrected chi connectivity index (χ0v) is 20.0. The Kier molecular flexibility index (Phi) is 6.57. The zero-order valence-electron chi connectivity index (χ0n) is 20.0. The summed E-state index contributed by atoms with van der Waals surface area (Å²) in [5.74, 6) is 2.05. The number of aryl methyl sites for hydroxylation is 2. The predicted octanol–water partition coefficient (Wildman–Crippen LogP) is 6.73. The lowest BCUT2D eigenvalue weighted by molar-refractivity contribution is 0.131. The van der Waals surface area contributed by atoms with Crippen LogP contribution in [0.25, 0.3) is 0 Å². The van der Waals surface area contributed by atoms with Crippen LogP contribution in [0.15, 0.2) is 90.7 Å². The van der Waals surface area contributed by atoms with Crippen LogP contribution >= 0.6 is 0 Å². The molecule has 0 spiro atoms. The van der Waals surface area contributed by atoms with Crippen LogP contribution in [-0.4, -0.2) is 18.4 Å². The molecule has 174 valence electrons. The van der Waals surface area contributed by atoms with Crippen molar-refractivity contribution in [1.82, 2.24) is 4.90 Å². The molecule has 0 saturated carbocycles. The second kappa shape index (κ2) is 10.1. The van der Waals surface area contributed by atoms with Crippen LogP contribution in [0.5, 0.6) is 11.5 Å². The molecule has 2 heterocycles. The largest absolute Gasteiger partial charge is 0.473 e. The summed E-state index contributed by atoms with van der Waals surface area (Å²) in [6.45, 7) is 7.39. The molecule has 4 heteroatoms. The van der Waals surface area contributed by atoms with Crippen molar-refractivity contribution in [2.24, 2.45) is 0 Å². The van der Waals surface area contributed by atoms with Crippen LogP contribution in [0.1, 0.15) is 35.1 Å². The van der Waals surface area contributed by atoms with E-state index in [1.54, 1.807) is 0 Å². The topological polar surface area (TPSA) is 24.9 Å². The number of benzene rings is 3. The summed E-state index contributed by atoms with van der Waals surface area (Å²) in [6, 6.07) is 23.1. The fraction of sp³-hybridized carbons (Fsp3) is 0.267. The number of hydrogen-bond acceptors (Lipinski definition) is 4. The monoisotopic (exact) mass is 452 g/mol. The Bertz CT molecular complexity index is 1200. The Morgan fingerprint density at radius 1 is 0.676 bits per heavy atom. The fourth-order valence-electron chi connectivity index (χ4n) is 4.55. The summed E-state index contributed by atoms with van der Waals surface area (Å²) >= 11 is 0. The molecule has 3 aromatic carbocycles. The third-order valence-electron chi connectivity index (χ3n) is 6.37. The Morgan fingerprint density at radius 2 is 1.29 bits per heavy atom. The first-order chi connectivity index (χ1) is 16.7. The van der Waals surface area contributed by atoms with Crippen LogP contribution < -0.4 is 14.4 Å². The minimum atomic E-state index is 0.625. The van der Waals surface area contributed by atoms with E-state index < -0.39 is 0 Å². The molecule has 0 atom stereocenters. The molecule has 0 unspecified atom stereocenters. The van der Waals surface area contributed by atoms with Crippen LogP contribution in [0.2, 0.25) is 0 Å². The van der Waals surface area contributed by atoms with E-state index in [0.29, 0.717) is 13.5 Å². The van der Waals surface area contributed by atoms with Gasteiger partial charge in [-0.1, -0.05) is 65.7 Å². The first-order valence-corrected chi connectivity index (χ1v) is 12.0. The smallest absolute Gasteiger partial charge is 0.161 e. The highest BCUT2D eigenvalue weighted by atomic mass is 16.5. The van der Waals surface area contributed by atoms with Gasteiger partial charge < -0.3 is 19.3 Å². The first kappa shape index (κ1) is 22.1. The molecule has 2 aliphatic heterocycles. The Morgan fingerprint density at radius 3 is 1.91 bits per heavy atom. The lowest BCUT2D eigenvalue weighted by Crippen LogP contribution is -2.31. The van der Waals surface area contributed by atoms with Crippen molar-refractivity contribution in [1.29, 1.82) is 0 Å². The van der Waals surface area contributed by atoms with Crippen LogP contribution in [0.4, 0.5) is 5.69 Å². The molecular weight excluding hydrogens is 420 g/mol. The maximum Gasteiger partial charge on any atom is 0.161 e. The fourth-order valence-corrected chi connectivity index (χ4v) is 4.55. The number of anilines is 1. The standard InChI is InChI=1S/C15H17NO.C15H15NO/c2*1-12-7-8-15-13(9-12)10-16(11-17-15)14-5-3-2-4-6-14/h3,5-9H,2,4,10-11H2,1H3;2-9H,10-11H2,1H3. The Balaban J connectivity index is 0.000000142. The summed E-state index contributed by atoms with van der Waals surface area (Å²) in [6.07, 6.45) is 9.04. The van der Waals surface area contributed by atoms with Crippen molar-refractivity contribution >= 4 is 5.69 Å². The number of para-hydroxylation sites is 1. The quantitative estimate of drug-likeness (QED) is 0.430. The molecule has 0 N–H and O–H groups in total. The number of allylic oxidation sites excluding steroid dienone is 3. The summed E-state index contributed by atoms with van der Waals surface area (Å²) in [4.78, 5) is 4.53. The molecule has 0 amide bonds. The normalized spacial score (nSPS) is 16.2. The van der Waals surface area contributed by atoms with Crippen molar-refractivity contribution in [3.8, 4) is 11.5 Å². The van der Waals surface area contributed by atoms with Crippen LogP contribution in [0.3, 0.4) is 0 Å².